The second kappa shape index (κ2) is 6.52. The molecule has 0 fully saturated rings. The molecule has 3 aromatic rings. The molecule has 0 radical (unpaired) electrons. The summed E-state index contributed by atoms with van der Waals surface area (Å²) in [7, 11) is 0. The van der Waals surface area contributed by atoms with Crippen LogP contribution in [0.25, 0.3) is 10.2 Å². The number of nitrogens with two attached hydrogens (primary N) is 2. The average molecular weight is 354 g/mol. The zero-order valence-corrected chi connectivity index (χ0v) is 14.7. The molecule has 6 nitrogen and oxygen atoms in total. The van der Waals surface area contributed by atoms with Crippen molar-refractivity contribution in [1.82, 2.24) is 4.98 Å². The van der Waals surface area contributed by atoms with Gasteiger partial charge in [0.25, 0.3) is 11.8 Å². The van der Waals surface area contributed by atoms with Gasteiger partial charge in [-0.2, -0.15) is 0 Å². The molecule has 0 saturated carbocycles. The second-order valence-corrected chi connectivity index (χ2v) is 6.61. The van der Waals surface area contributed by atoms with Gasteiger partial charge in [0.1, 0.15) is 9.71 Å². The molecule has 0 unspecified atom stereocenters. The zero-order chi connectivity index (χ0) is 18.1. The summed E-state index contributed by atoms with van der Waals surface area (Å²) in [5.74, 6) is -0.836. The number of fused-ring (bicyclic) bond motifs is 1. The van der Waals surface area contributed by atoms with Gasteiger partial charge in [0.2, 0.25) is 0 Å². The Bertz CT molecular complexity index is 980. The van der Waals surface area contributed by atoms with Crippen molar-refractivity contribution in [2.24, 2.45) is 5.73 Å². The fourth-order valence-corrected chi connectivity index (χ4v) is 3.93. The van der Waals surface area contributed by atoms with Crippen LogP contribution in [0, 0.1) is 6.92 Å². The molecule has 25 heavy (non-hydrogen) atoms. The van der Waals surface area contributed by atoms with Crippen LogP contribution in [0.2, 0.25) is 0 Å². The molecule has 5 N–H and O–H groups in total. The highest BCUT2D eigenvalue weighted by atomic mass is 32.1. The van der Waals surface area contributed by atoms with Crippen molar-refractivity contribution in [1.29, 1.82) is 0 Å². The maximum absolute atomic E-state index is 12.8. The topological polar surface area (TPSA) is 111 Å². The lowest BCUT2D eigenvalue weighted by Crippen LogP contribution is -2.17. The smallest absolute Gasteiger partial charge is 0.260 e. The third-order valence-corrected chi connectivity index (χ3v) is 5.11. The molecule has 0 aliphatic heterocycles. The van der Waals surface area contributed by atoms with Gasteiger partial charge in [0, 0.05) is 11.1 Å². The van der Waals surface area contributed by atoms with Crippen LogP contribution in [-0.4, -0.2) is 16.8 Å². The van der Waals surface area contributed by atoms with Crippen LogP contribution in [0.4, 0.5) is 11.4 Å². The maximum Gasteiger partial charge on any atom is 0.260 e. The van der Waals surface area contributed by atoms with E-state index in [1.165, 1.54) is 0 Å². The van der Waals surface area contributed by atoms with Crippen LogP contribution >= 0.6 is 11.3 Å². The number of nitrogens with one attached hydrogen (secondary N) is 1. The standard InChI is InChI=1S/C18H18N4O2S/c1-3-11-12(17(24)22-10-7-5-4-6-8-10)9(2)21-18-13(11)14(19)15(25-18)16(20)23/h4-8H,3,19H2,1-2H3,(H2,20,23)(H,22,24). The van der Waals surface area contributed by atoms with Crippen molar-refractivity contribution in [3.8, 4) is 0 Å². The predicted molar refractivity (Wildman–Crippen MR) is 101 cm³/mol. The first kappa shape index (κ1) is 16.9. The van der Waals surface area contributed by atoms with E-state index in [0.29, 0.717) is 39.3 Å². The number of aromatic nitrogens is 1. The number of para-hydroxylation sites is 1. The number of nitrogen functional groups attached to an aromatic ring is 1. The fourth-order valence-electron chi connectivity index (χ4n) is 2.91. The molecular formula is C18H18N4O2S. The van der Waals surface area contributed by atoms with Crippen molar-refractivity contribution in [3.05, 3.63) is 52.0 Å². The number of hydrogen-bond donors (Lipinski definition) is 3. The monoisotopic (exact) mass is 354 g/mol. The number of benzene rings is 1. The minimum atomic E-state index is -0.588. The van der Waals surface area contributed by atoms with Gasteiger partial charge in [-0.15, -0.1) is 11.3 Å². The van der Waals surface area contributed by atoms with E-state index in [-0.39, 0.29) is 10.8 Å². The highest BCUT2D eigenvalue weighted by molar-refractivity contribution is 7.21. The SMILES string of the molecule is CCc1c(C(=O)Nc2ccccc2)c(C)nc2sc(C(N)=O)c(N)c12. The number of rotatable bonds is 4. The number of thiophene rings is 1. The minimum absolute atomic E-state index is 0.249. The van der Waals surface area contributed by atoms with E-state index in [0.717, 1.165) is 16.9 Å². The van der Waals surface area contributed by atoms with Gasteiger partial charge in [-0.3, -0.25) is 9.59 Å². The van der Waals surface area contributed by atoms with Crippen molar-refractivity contribution in [2.75, 3.05) is 11.1 Å². The van der Waals surface area contributed by atoms with Crippen LogP contribution in [0.1, 0.15) is 38.2 Å². The third-order valence-electron chi connectivity index (χ3n) is 4.00. The molecule has 3 rings (SSSR count). The van der Waals surface area contributed by atoms with Gasteiger partial charge in [-0.1, -0.05) is 25.1 Å². The molecule has 128 valence electrons. The summed E-state index contributed by atoms with van der Waals surface area (Å²) in [6.07, 6.45) is 0.580. The van der Waals surface area contributed by atoms with Gasteiger partial charge < -0.3 is 16.8 Å². The number of primary amides is 1. The zero-order valence-electron chi connectivity index (χ0n) is 13.9. The van der Waals surface area contributed by atoms with Crippen molar-refractivity contribution in [2.45, 2.75) is 20.3 Å². The highest BCUT2D eigenvalue weighted by Gasteiger charge is 2.24. The van der Waals surface area contributed by atoms with E-state index in [1.54, 1.807) is 6.92 Å². The second-order valence-electron chi connectivity index (χ2n) is 5.61. The Morgan fingerprint density at radius 3 is 2.52 bits per heavy atom. The Morgan fingerprint density at radius 2 is 1.92 bits per heavy atom. The first-order valence-corrected chi connectivity index (χ1v) is 8.63. The van der Waals surface area contributed by atoms with Crippen molar-refractivity contribution < 1.29 is 9.59 Å². The van der Waals surface area contributed by atoms with Crippen LogP contribution in [0.5, 0.6) is 0 Å². The van der Waals surface area contributed by atoms with Crippen LogP contribution in [0.15, 0.2) is 30.3 Å². The van der Waals surface area contributed by atoms with E-state index in [4.69, 9.17) is 11.5 Å². The number of pyridine rings is 1. The van der Waals surface area contributed by atoms with Crippen molar-refractivity contribution >= 4 is 44.7 Å². The number of nitrogens with zero attached hydrogens (tertiary/aromatic N) is 1. The number of carbonyl (C=O) groups excluding carboxylic acids is 2. The maximum atomic E-state index is 12.8. The molecule has 0 spiro atoms. The van der Waals surface area contributed by atoms with Gasteiger partial charge in [0.15, 0.2) is 0 Å². The molecule has 0 aliphatic carbocycles. The molecule has 2 aromatic heterocycles. The van der Waals surface area contributed by atoms with Gasteiger partial charge in [0.05, 0.1) is 16.9 Å². The summed E-state index contributed by atoms with van der Waals surface area (Å²) < 4.78 is 0. The Hall–Kier alpha value is -2.93. The van der Waals surface area contributed by atoms with Crippen molar-refractivity contribution in [3.63, 3.8) is 0 Å². The number of anilines is 2. The number of carbonyl (C=O) groups is 2. The lowest BCUT2D eigenvalue weighted by atomic mass is 9.99. The van der Waals surface area contributed by atoms with E-state index in [9.17, 15) is 9.59 Å². The molecule has 0 saturated heterocycles. The van der Waals surface area contributed by atoms with E-state index < -0.39 is 5.91 Å². The average Bonchev–Trinajstić information content (AvgIpc) is 2.91. The molecule has 2 heterocycles. The van der Waals surface area contributed by atoms with Crippen LogP contribution < -0.4 is 16.8 Å². The summed E-state index contributed by atoms with van der Waals surface area (Å²) in [4.78, 5) is 29.8. The summed E-state index contributed by atoms with van der Waals surface area (Å²) in [6.45, 7) is 3.72. The third kappa shape index (κ3) is 2.94. The van der Waals surface area contributed by atoms with E-state index >= 15 is 0 Å². The van der Waals surface area contributed by atoms with Gasteiger partial charge in [-0.05, 0) is 31.0 Å². The summed E-state index contributed by atoms with van der Waals surface area (Å²) in [5.41, 5.74) is 14.4. The lowest BCUT2D eigenvalue weighted by Gasteiger charge is -2.13. The first-order chi connectivity index (χ1) is 11.9. The number of aryl methyl sites for hydroxylation is 2. The Morgan fingerprint density at radius 1 is 1.24 bits per heavy atom. The van der Waals surface area contributed by atoms with Crippen LogP contribution in [-0.2, 0) is 6.42 Å². The summed E-state index contributed by atoms with van der Waals surface area (Å²) >= 11 is 1.16. The quantitative estimate of drug-likeness (QED) is 0.668. The number of amides is 2. The molecule has 0 aliphatic rings. The lowest BCUT2D eigenvalue weighted by molar-refractivity contribution is 0.100. The molecule has 0 bridgehead atoms. The Labute approximate surface area is 148 Å². The van der Waals surface area contributed by atoms with Gasteiger partial charge >= 0.3 is 0 Å². The Balaban J connectivity index is 2.17. The normalized spacial score (nSPS) is 10.8. The molecule has 2 amide bonds. The minimum Gasteiger partial charge on any atom is -0.397 e. The molecule has 0 atom stereocenters. The predicted octanol–water partition coefficient (Wildman–Crippen LogP) is 3.10. The van der Waals surface area contributed by atoms with Crippen LogP contribution in [0.3, 0.4) is 0 Å². The van der Waals surface area contributed by atoms with Gasteiger partial charge in [-0.25, -0.2) is 4.98 Å². The molecule has 7 heteroatoms. The first-order valence-electron chi connectivity index (χ1n) is 7.81. The van der Waals surface area contributed by atoms with E-state index in [1.807, 2.05) is 37.3 Å². The summed E-state index contributed by atoms with van der Waals surface area (Å²) in [6, 6.07) is 9.20. The largest absolute Gasteiger partial charge is 0.397 e. The highest BCUT2D eigenvalue weighted by Crippen LogP contribution is 2.37. The fraction of sp³-hybridized carbons (Fsp3) is 0.167. The van der Waals surface area contributed by atoms with E-state index in [2.05, 4.69) is 10.3 Å². The summed E-state index contributed by atoms with van der Waals surface area (Å²) in [5, 5.41) is 3.52. The molecule has 1 aromatic carbocycles. The number of hydrogen-bond acceptors (Lipinski definition) is 5. The Kier molecular flexibility index (Phi) is 4.41. The molecular weight excluding hydrogens is 336 g/mol.